The Morgan fingerprint density at radius 2 is 1.53 bits per heavy atom. The zero-order valence-electron chi connectivity index (χ0n) is 20.4. The van der Waals surface area contributed by atoms with Crippen LogP contribution in [0.2, 0.25) is 0 Å². The van der Waals surface area contributed by atoms with Crippen LogP contribution in [0.5, 0.6) is 0 Å². The lowest BCUT2D eigenvalue weighted by atomic mass is 9.99. The molecule has 0 atom stereocenters. The van der Waals surface area contributed by atoms with Crippen LogP contribution in [0.4, 0.5) is 11.4 Å². The van der Waals surface area contributed by atoms with Crippen molar-refractivity contribution in [3.63, 3.8) is 0 Å². The quantitative estimate of drug-likeness (QED) is 0.251. The number of rotatable bonds is 5. The molecule has 7 nitrogen and oxygen atoms in total. The third-order valence-electron chi connectivity index (χ3n) is 6.38. The van der Waals surface area contributed by atoms with Gasteiger partial charge in [-0.15, -0.1) is 11.3 Å². The number of nitrogen functional groups attached to an aromatic ring is 1. The molecular weight excluding hydrogens is 494 g/mol. The Kier molecular flexibility index (Phi) is 5.86. The molecule has 3 aromatic carbocycles. The maximum Gasteiger partial charge on any atom is 0.295 e. The number of nitrogens with zero attached hydrogens (tertiary/aromatic N) is 2. The third-order valence-corrected chi connectivity index (χ3v) is 7.48. The number of fused-ring (bicyclic) bond motifs is 1. The number of aryl methyl sites for hydroxylation is 1. The van der Waals surface area contributed by atoms with E-state index in [4.69, 9.17) is 10.7 Å². The Hall–Kier alpha value is -4.95. The summed E-state index contributed by atoms with van der Waals surface area (Å²) in [7, 11) is 0. The van der Waals surface area contributed by atoms with Crippen LogP contribution in [0.15, 0.2) is 102 Å². The maximum atomic E-state index is 13.5. The number of benzene rings is 3. The van der Waals surface area contributed by atoms with E-state index in [2.05, 4.69) is 10.4 Å². The molecule has 0 aliphatic carbocycles. The van der Waals surface area contributed by atoms with Crippen molar-refractivity contribution < 1.29 is 4.79 Å². The second-order valence-electron chi connectivity index (χ2n) is 8.85. The van der Waals surface area contributed by atoms with Crippen LogP contribution >= 0.6 is 11.3 Å². The number of hydrogen-bond acceptors (Lipinski definition) is 5. The minimum atomic E-state index is -0.454. The Morgan fingerprint density at radius 1 is 0.921 bits per heavy atom. The molecule has 1 amide bonds. The highest BCUT2D eigenvalue weighted by atomic mass is 32.1. The van der Waals surface area contributed by atoms with Gasteiger partial charge < -0.3 is 11.1 Å². The highest BCUT2D eigenvalue weighted by Crippen LogP contribution is 2.41. The summed E-state index contributed by atoms with van der Waals surface area (Å²) in [6, 6.07) is 31.0. The molecule has 8 heteroatoms. The van der Waals surface area contributed by atoms with Gasteiger partial charge in [0.15, 0.2) is 0 Å². The molecule has 0 radical (unpaired) electrons. The van der Waals surface area contributed by atoms with Gasteiger partial charge in [-0.25, -0.2) is 9.67 Å². The number of amides is 1. The predicted octanol–water partition coefficient (Wildman–Crippen LogP) is 6.25. The van der Waals surface area contributed by atoms with E-state index in [0.29, 0.717) is 26.8 Å². The third kappa shape index (κ3) is 4.07. The van der Waals surface area contributed by atoms with Crippen molar-refractivity contribution in [2.24, 2.45) is 0 Å². The summed E-state index contributed by atoms with van der Waals surface area (Å²) in [5, 5.41) is 6.54. The Balaban J connectivity index is 1.45. The summed E-state index contributed by atoms with van der Waals surface area (Å²) < 4.78 is 1.40. The fourth-order valence-corrected chi connectivity index (χ4v) is 5.53. The Bertz CT molecular complexity index is 1840. The van der Waals surface area contributed by atoms with Crippen molar-refractivity contribution in [3.05, 3.63) is 118 Å². The first-order valence-electron chi connectivity index (χ1n) is 12.0. The van der Waals surface area contributed by atoms with E-state index in [1.54, 1.807) is 6.92 Å². The Labute approximate surface area is 222 Å². The number of carbonyl (C=O) groups excluding carboxylic acids is 1. The monoisotopic (exact) mass is 517 g/mol. The maximum absolute atomic E-state index is 13.5. The molecule has 0 saturated heterocycles. The molecule has 0 fully saturated rings. The predicted molar refractivity (Wildman–Crippen MR) is 154 cm³/mol. The summed E-state index contributed by atoms with van der Waals surface area (Å²) in [6.45, 7) is 1.74. The summed E-state index contributed by atoms with van der Waals surface area (Å²) in [4.78, 5) is 32.4. The summed E-state index contributed by atoms with van der Waals surface area (Å²) in [5.41, 5.74) is 11.6. The molecule has 0 spiro atoms. The topological polar surface area (TPSA) is 106 Å². The number of anilines is 2. The highest BCUT2D eigenvalue weighted by molar-refractivity contribution is 7.21. The van der Waals surface area contributed by atoms with Crippen LogP contribution < -0.4 is 16.6 Å². The molecular formula is C30H23N5O2S. The van der Waals surface area contributed by atoms with Crippen LogP contribution in [-0.4, -0.2) is 20.7 Å². The average Bonchev–Trinajstić information content (AvgIpc) is 3.45. The normalized spacial score (nSPS) is 11.1. The molecule has 6 aromatic rings. The standard InChI is InChI=1S/C30H23N5O2S/c1-18-26(30(37)35(34-18)21-15-9-4-10-16-21)33-28(36)27-25(31)24-22(19-11-5-2-6-12-19)17-23(32-29(24)38-27)20-13-7-3-8-14-20/h2-17,34H,31H2,1H3,(H,33,36). The van der Waals surface area contributed by atoms with E-state index in [0.717, 1.165) is 27.8 Å². The number of para-hydroxylation sites is 1. The SMILES string of the molecule is Cc1[nH]n(-c2ccccc2)c(=O)c1NC(=O)c1sc2nc(-c3ccccc3)cc(-c3ccccc3)c2c1N. The van der Waals surface area contributed by atoms with Gasteiger partial charge in [-0.05, 0) is 36.2 Å². The van der Waals surface area contributed by atoms with Crippen LogP contribution in [-0.2, 0) is 0 Å². The molecule has 0 aliphatic rings. The van der Waals surface area contributed by atoms with Crippen molar-refractivity contribution >= 4 is 38.8 Å². The van der Waals surface area contributed by atoms with Crippen LogP contribution in [0.25, 0.3) is 38.3 Å². The van der Waals surface area contributed by atoms with Crippen molar-refractivity contribution in [2.75, 3.05) is 11.1 Å². The van der Waals surface area contributed by atoms with Crippen molar-refractivity contribution in [1.82, 2.24) is 14.8 Å². The summed E-state index contributed by atoms with van der Waals surface area (Å²) in [6.07, 6.45) is 0. The van der Waals surface area contributed by atoms with E-state index in [1.165, 1.54) is 16.0 Å². The summed E-state index contributed by atoms with van der Waals surface area (Å²) >= 11 is 1.22. The summed E-state index contributed by atoms with van der Waals surface area (Å²) in [5.74, 6) is -0.454. The molecule has 0 aliphatic heterocycles. The average molecular weight is 518 g/mol. The number of H-pyrrole nitrogens is 1. The zero-order chi connectivity index (χ0) is 26.2. The van der Waals surface area contributed by atoms with E-state index in [-0.39, 0.29) is 11.2 Å². The zero-order valence-corrected chi connectivity index (χ0v) is 21.3. The number of aromatic nitrogens is 3. The molecule has 3 aromatic heterocycles. The molecule has 38 heavy (non-hydrogen) atoms. The van der Waals surface area contributed by atoms with E-state index >= 15 is 0 Å². The van der Waals surface area contributed by atoms with Gasteiger partial charge in [-0.3, -0.25) is 14.7 Å². The second-order valence-corrected chi connectivity index (χ2v) is 9.85. The number of hydrogen-bond donors (Lipinski definition) is 3. The number of carbonyl (C=O) groups is 1. The molecule has 3 heterocycles. The number of pyridine rings is 1. The molecule has 4 N–H and O–H groups in total. The number of nitrogens with one attached hydrogen (secondary N) is 2. The van der Waals surface area contributed by atoms with E-state index in [1.807, 2.05) is 97.1 Å². The first-order valence-corrected chi connectivity index (χ1v) is 12.8. The highest BCUT2D eigenvalue weighted by Gasteiger charge is 2.24. The van der Waals surface area contributed by atoms with Gasteiger partial charge in [-0.2, -0.15) is 0 Å². The largest absolute Gasteiger partial charge is 0.397 e. The van der Waals surface area contributed by atoms with E-state index in [9.17, 15) is 9.59 Å². The second kappa shape index (κ2) is 9.49. The van der Waals surface area contributed by atoms with Gasteiger partial charge in [-0.1, -0.05) is 78.9 Å². The van der Waals surface area contributed by atoms with Crippen LogP contribution in [0.3, 0.4) is 0 Å². The fourth-order valence-electron chi connectivity index (χ4n) is 4.51. The number of thiophene rings is 1. The lowest BCUT2D eigenvalue weighted by Crippen LogP contribution is -2.21. The molecule has 0 bridgehead atoms. The fraction of sp³-hybridized carbons (Fsp3) is 0.0333. The number of aromatic amines is 1. The first kappa shape index (κ1) is 23.4. The van der Waals surface area contributed by atoms with Crippen molar-refractivity contribution in [3.8, 4) is 28.1 Å². The van der Waals surface area contributed by atoms with Gasteiger partial charge in [0, 0.05) is 10.9 Å². The molecule has 0 saturated carbocycles. The van der Waals surface area contributed by atoms with Gasteiger partial charge >= 0.3 is 0 Å². The molecule has 186 valence electrons. The van der Waals surface area contributed by atoms with Crippen LogP contribution in [0.1, 0.15) is 15.4 Å². The van der Waals surface area contributed by atoms with Gasteiger partial charge in [0.05, 0.1) is 22.8 Å². The first-order chi connectivity index (χ1) is 18.5. The van der Waals surface area contributed by atoms with Crippen molar-refractivity contribution in [2.45, 2.75) is 6.92 Å². The van der Waals surface area contributed by atoms with Gasteiger partial charge in [0.25, 0.3) is 11.5 Å². The molecule has 6 rings (SSSR count). The lowest BCUT2D eigenvalue weighted by molar-refractivity contribution is 0.103. The van der Waals surface area contributed by atoms with Crippen molar-refractivity contribution in [1.29, 1.82) is 0 Å². The minimum Gasteiger partial charge on any atom is -0.397 e. The lowest BCUT2D eigenvalue weighted by Gasteiger charge is -2.09. The minimum absolute atomic E-state index is 0.178. The molecule has 0 unspecified atom stereocenters. The van der Waals surface area contributed by atoms with E-state index < -0.39 is 5.91 Å². The van der Waals surface area contributed by atoms with Crippen LogP contribution in [0, 0.1) is 6.92 Å². The Morgan fingerprint density at radius 3 is 2.18 bits per heavy atom. The number of nitrogens with two attached hydrogens (primary N) is 1. The van der Waals surface area contributed by atoms with Gasteiger partial charge in [0.1, 0.15) is 15.4 Å². The van der Waals surface area contributed by atoms with Gasteiger partial charge in [0.2, 0.25) is 0 Å². The smallest absolute Gasteiger partial charge is 0.295 e.